The smallest absolute Gasteiger partial charge is 0.277 e. The Kier molecular flexibility index (Phi) is 7.51. The Morgan fingerprint density at radius 3 is 2.54 bits per heavy atom. The number of nitrogens with one attached hydrogen (secondary N) is 1. The minimum atomic E-state index is -0.388. The number of phenolic OH excluding ortho intramolecular Hbond substituents is 1. The Hall–Kier alpha value is -0.650. The van der Waals surface area contributed by atoms with Crippen molar-refractivity contribution in [3.8, 4) is 11.5 Å². The van der Waals surface area contributed by atoms with Gasteiger partial charge in [0, 0.05) is 4.47 Å². The van der Waals surface area contributed by atoms with Gasteiger partial charge in [-0.25, -0.2) is 5.43 Å². The maximum absolute atomic E-state index is 11.8. The largest absolute Gasteiger partial charge is 0.507 e. The van der Waals surface area contributed by atoms with Crippen LogP contribution in [0.2, 0.25) is 0 Å². The number of halogens is 4. The van der Waals surface area contributed by atoms with Crippen LogP contribution in [-0.4, -0.2) is 23.8 Å². The highest BCUT2D eigenvalue weighted by atomic mass is 127. The van der Waals surface area contributed by atoms with Gasteiger partial charge in [-0.05, 0) is 90.3 Å². The number of phenols is 1. The molecular formula is C15H10Br3IN2O3. The summed E-state index contributed by atoms with van der Waals surface area (Å²) in [5, 5.41) is 13.3. The van der Waals surface area contributed by atoms with Crippen molar-refractivity contribution in [1.29, 1.82) is 0 Å². The van der Waals surface area contributed by atoms with Crippen molar-refractivity contribution in [2.45, 2.75) is 0 Å². The molecule has 2 aromatic rings. The Bertz CT molecular complexity index is 777. The number of carbonyl (C=O) groups is 1. The molecule has 0 aromatic heterocycles. The predicted octanol–water partition coefficient (Wildman–Crippen LogP) is 4.81. The van der Waals surface area contributed by atoms with Gasteiger partial charge in [-0.15, -0.1) is 0 Å². The first-order valence-electron chi connectivity index (χ1n) is 6.44. The van der Waals surface area contributed by atoms with Crippen LogP contribution in [0, 0.1) is 3.57 Å². The second-order valence-electron chi connectivity index (χ2n) is 4.49. The first-order valence-corrected chi connectivity index (χ1v) is 9.90. The summed E-state index contributed by atoms with van der Waals surface area (Å²) in [6.07, 6.45) is 1.49. The molecule has 0 saturated heterocycles. The molecule has 9 heteroatoms. The quantitative estimate of drug-likeness (QED) is 0.283. The van der Waals surface area contributed by atoms with Crippen molar-refractivity contribution < 1.29 is 14.6 Å². The van der Waals surface area contributed by atoms with Crippen LogP contribution in [0.3, 0.4) is 0 Å². The molecule has 126 valence electrons. The molecule has 0 bridgehead atoms. The summed E-state index contributed by atoms with van der Waals surface area (Å²) in [5.74, 6) is 0.350. The molecule has 0 heterocycles. The first-order chi connectivity index (χ1) is 11.4. The maximum atomic E-state index is 11.8. The molecule has 0 spiro atoms. The third-order valence-electron chi connectivity index (χ3n) is 2.69. The highest BCUT2D eigenvalue weighted by Crippen LogP contribution is 2.36. The summed E-state index contributed by atoms with van der Waals surface area (Å²) >= 11 is 12.1. The van der Waals surface area contributed by atoms with Crippen molar-refractivity contribution in [1.82, 2.24) is 5.43 Å². The normalized spacial score (nSPS) is 10.8. The molecule has 2 rings (SSSR count). The van der Waals surface area contributed by atoms with Gasteiger partial charge in [-0.1, -0.05) is 15.9 Å². The number of carbonyl (C=O) groups excluding carboxylic acids is 1. The van der Waals surface area contributed by atoms with Crippen LogP contribution >= 0.6 is 70.4 Å². The van der Waals surface area contributed by atoms with Crippen LogP contribution in [0.25, 0.3) is 0 Å². The van der Waals surface area contributed by atoms with Crippen molar-refractivity contribution >= 4 is 82.5 Å². The number of hydrogen-bond donors (Lipinski definition) is 2. The molecule has 0 aliphatic rings. The van der Waals surface area contributed by atoms with E-state index in [0.717, 1.165) is 19.0 Å². The molecule has 2 N–H and O–H groups in total. The van der Waals surface area contributed by atoms with E-state index in [0.29, 0.717) is 9.32 Å². The standard InChI is InChI=1S/C15H10Br3IN2O3/c16-9-4-10(17)15(11(18)5-9)24-7-14(23)21-20-6-8-1-2-13(22)12(19)3-8/h1-6,22H,7H2,(H,21,23). The molecule has 0 fully saturated rings. The second-order valence-corrected chi connectivity index (χ2v) is 8.28. The van der Waals surface area contributed by atoms with E-state index >= 15 is 0 Å². The molecule has 0 radical (unpaired) electrons. The molecule has 0 aliphatic carbocycles. The van der Waals surface area contributed by atoms with E-state index in [4.69, 9.17) is 4.74 Å². The number of hydrazone groups is 1. The number of benzene rings is 2. The third kappa shape index (κ3) is 5.71. The first kappa shape index (κ1) is 19.7. The predicted molar refractivity (Wildman–Crippen MR) is 112 cm³/mol. The van der Waals surface area contributed by atoms with Gasteiger partial charge >= 0.3 is 0 Å². The lowest BCUT2D eigenvalue weighted by atomic mass is 10.2. The molecule has 0 saturated carbocycles. The van der Waals surface area contributed by atoms with Crippen molar-refractivity contribution in [3.63, 3.8) is 0 Å². The average Bonchev–Trinajstić information content (AvgIpc) is 2.49. The van der Waals surface area contributed by atoms with Crippen molar-refractivity contribution in [2.24, 2.45) is 5.10 Å². The summed E-state index contributed by atoms with van der Waals surface area (Å²) in [5.41, 5.74) is 3.15. The average molecular weight is 633 g/mol. The Labute approximate surface area is 177 Å². The number of aromatic hydroxyl groups is 1. The van der Waals surface area contributed by atoms with Gasteiger partial charge in [0.2, 0.25) is 0 Å². The number of ether oxygens (including phenoxy) is 1. The van der Waals surface area contributed by atoms with E-state index in [1.807, 2.05) is 34.7 Å². The third-order valence-corrected chi connectivity index (χ3v) is 5.19. The van der Waals surface area contributed by atoms with Crippen LogP contribution in [0.4, 0.5) is 0 Å². The number of amides is 1. The maximum Gasteiger partial charge on any atom is 0.277 e. The monoisotopic (exact) mass is 630 g/mol. The van der Waals surface area contributed by atoms with E-state index in [1.165, 1.54) is 6.21 Å². The molecule has 1 amide bonds. The van der Waals surface area contributed by atoms with Gasteiger partial charge in [0.05, 0.1) is 18.7 Å². The van der Waals surface area contributed by atoms with E-state index in [1.54, 1.807) is 18.2 Å². The van der Waals surface area contributed by atoms with E-state index in [-0.39, 0.29) is 18.3 Å². The fourth-order valence-electron chi connectivity index (χ4n) is 1.62. The number of nitrogens with zero attached hydrogens (tertiary/aromatic N) is 1. The molecule has 0 unspecified atom stereocenters. The Balaban J connectivity index is 1.90. The van der Waals surface area contributed by atoms with Crippen LogP contribution < -0.4 is 10.2 Å². The number of hydrogen-bond acceptors (Lipinski definition) is 4. The van der Waals surface area contributed by atoms with Crippen LogP contribution in [0.15, 0.2) is 48.9 Å². The summed E-state index contributed by atoms with van der Waals surface area (Å²) < 4.78 is 8.51. The zero-order valence-electron chi connectivity index (χ0n) is 11.9. The molecule has 5 nitrogen and oxygen atoms in total. The van der Waals surface area contributed by atoms with Crippen LogP contribution in [0.5, 0.6) is 11.5 Å². The summed E-state index contributed by atoms with van der Waals surface area (Å²) in [4.78, 5) is 11.8. The topological polar surface area (TPSA) is 70.9 Å². The Morgan fingerprint density at radius 2 is 1.92 bits per heavy atom. The second kappa shape index (κ2) is 9.16. The molecule has 0 aliphatic heterocycles. The molecule has 2 aromatic carbocycles. The highest BCUT2D eigenvalue weighted by molar-refractivity contribution is 14.1. The molecule has 0 atom stereocenters. The summed E-state index contributed by atoms with van der Waals surface area (Å²) in [6.45, 7) is -0.177. The summed E-state index contributed by atoms with van der Waals surface area (Å²) in [6, 6.07) is 8.65. The van der Waals surface area contributed by atoms with Gasteiger partial charge in [-0.3, -0.25) is 4.79 Å². The van der Waals surface area contributed by atoms with Gasteiger partial charge in [-0.2, -0.15) is 5.10 Å². The highest BCUT2D eigenvalue weighted by Gasteiger charge is 2.10. The Morgan fingerprint density at radius 1 is 1.25 bits per heavy atom. The van der Waals surface area contributed by atoms with Crippen LogP contribution in [0.1, 0.15) is 5.56 Å². The lowest BCUT2D eigenvalue weighted by Gasteiger charge is -2.09. The van der Waals surface area contributed by atoms with Crippen LogP contribution in [-0.2, 0) is 4.79 Å². The van der Waals surface area contributed by atoms with E-state index in [2.05, 4.69) is 58.3 Å². The minimum Gasteiger partial charge on any atom is -0.507 e. The van der Waals surface area contributed by atoms with Crippen molar-refractivity contribution in [3.05, 3.63) is 52.9 Å². The molecular weight excluding hydrogens is 623 g/mol. The van der Waals surface area contributed by atoms with Gasteiger partial charge < -0.3 is 9.84 Å². The zero-order chi connectivity index (χ0) is 17.7. The van der Waals surface area contributed by atoms with E-state index < -0.39 is 0 Å². The SMILES string of the molecule is O=C(COc1c(Br)cc(Br)cc1Br)NN=Cc1ccc(O)c(I)c1. The van der Waals surface area contributed by atoms with Gasteiger partial charge in [0.1, 0.15) is 11.5 Å². The van der Waals surface area contributed by atoms with E-state index in [9.17, 15) is 9.90 Å². The summed E-state index contributed by atoms with van der Waals surface area (Å²) in [7, 11) is 0. The number of rotatable bonds is 5. The lowest BCUT2D eigenvalue weighted by Crippen LogP contribution is -2.24. The fourth-order valence-corrected chi connectivity index (χ4v) is 4.65. The fraction of sp³-hybridized carbons (Fsp3) is 0.0667. The van der Waals surface area contributed by atoms with Gasteiger partial charge in [0.15, 0.2) is 6.61 Å². The molecule has 24 heavy (non-hydrogen) atoms. The minimum absolute atomic E-state index is 0.177. The van der Waals surface area contributed by atoms with Crippen molar-refractivity contribution in [2.75, 3.05) is 6.61 Å². The van der Waals surface area contributed by atoms with Gasteiger partial charge in [0.25, 0.3) is 5.91 Å². The lowest BCUT2D eigenvalue weighted by molar-refractivity contribution is -0.123. The zero-order valence-corrected chi connectivity index (χ0v) is 18.8.